The lowest BCUT2D eigenvalue weighted by atomic mass is 10.0. The van der Waals surface area contributed by atoms with Crippen molar-refractivity contribution in [1.82, 2.24) is 5.32 Å². The summed E-state index contributed by atoms with van der Waals surface area (Å²) in [6, 6.07) is 6.13. The number of methoxy groups -OCH3 is 2. The molecule has 0 saturated carbocycles. The van der Waals surface area contributed by atoms with Gasteiger partial charge in [0.1, 0.15) is 11.8 Å². The SMILES string of the molecule is COC(=O)[C@H](CC(C)C)NC(=O)c1cccc(OC)c1. The molecule has 0 bridgehead atoms. The van der Waals surface area contributed by atoms with Crippen molar-refractivity contribution in [3.8, 4) is 5.75 Å². The standard InChI is InChI=1S/C15H21NO4/c1-10(2)8-13(15(18)20-4)16-14(17)11-6-5-7-12(9-11)19-3/h5-7,9-10,13H,8H2,1-4H3,(H,16,17)/t13-/m0/s1. The second-order valence-corrected chi connectivity index (χ2v) is 4.91. The number of carbonyl (C=O) groups excluding carboxylic acids is 2. The molecule has 0 unspecified atom stereocenters. The van der Waals surface area contributed by atoms with Crippen LogP contribution in [0.25, 0.3) is 0 Å². The van der Waals surface area contributed by atoms with Gasteiger partial charge in [0.2, 0.25) is 0 Å². The fourth-order valence-corrected chi connectivity index (χ4v) is 1.83. The highest BCUT2D eigenvalue weighted by Gasteiger charge is 2.23. The van der Waals surface area contributed by atoms with Gasteiger partial charge in [0.25, 0.3) is 5.91 Å². The molecule has 0 fully saturated rings. The van der Waals surface area contributed by atoms with Crippen LogP contribution in [0.15, 0.2) is 24.3 Å². The molecule has 0 aliphatic rings. The summed E-state index contributed by atoms with van der Waals surface area (Å²) in [5, 5.41) is 2.70. The van der Waals surface area contributed by atoms with Crippen LogP contribution in [-0.2, 0) is 9.53 Å². The van der Waals surface area contributed by atoms with Gasteiger partial charge in [-0.3, -0.25) is 4.79 Å². The van der Waals surface area contributed by atoms with Crippen LogP contribution in [0.4, 0.5) is 0 Å². The Morgan fingerprint density at radius 3 is 2.50 bits per heavy atom. The van der Waals surface area contributed by atoms with Crippen molar-refractivity contribution in [2.24, 2.45) is 5.92 Å². The van der Waals surface area contributed by atoms with Gasteiger partial charge in [-0.25, -0.2) is 4.79 Å². The first kappa shape index (κ1) is 16.0. The van der Waals surface area contributed by atoms with Gasteiger partial charge in [-0.05, 0) is 30.5 Å². The summed E-state index contributed by atoms with van der Waals surface area (Å²) < 4.78 is 9.79. The van der Waals surface area contributed by atoms with Crippen LogP contribution in [0.1, 0.15) is 30.6 Å². The number of hydrogen-bond acceptors (Lipinski definition) is 4. The molecule has 1 aromatic carbocycles. The summed E-state index contributed by atoms with van der Waals surface area (Å²) in [5.74, 6) is 0.107. The van der Waals surface area contributed by atoms with E-state index in [1.54, 1.807) is 24.3 Å². The molecule has 1 atom stereocenters. The van der Waals surface area contributed by atoms with Gasteiger partial charge in [0.05, 0.1) is 14.2 Å². The van der Waals surface area contributed by atoms with Crippen molar-refractivity contribution in [2.45, 2.75) is 26.3 Å². The van der Waals surface area contributed by atoms with E-state index < -0.39 is 12.0 Å². The predicted molar refractivity (Wildman–Crippen MR) is 75.7 cm³/mol. The summed E-state index contributed by atoms with van der Waals surface area (Å²) in [6.45, 7) is 3.96. The second kappa shape index (κ2) is 7.53. The van der Waals surface area contributed by atoms with Crippen molar-refractivity contribution in [1.29, 1.82) is 0 Å². The van der Waals surface area contributed by atoms with E-state index in [2.05, 4.69) is 5.32 Å². The Bertz CT molecular complexity index is 471. The molecule has 0 saturated heterocycles. The number of rotatable bonds is 6. The Morgan fingerprint density at radius 2 is 1.95 bits per heavy atom. The lowest BCUT2D eigenvalue weighted by molar-refractivity contribution is -0.143. The maximum atomic E-state index is 12.2. The Labute approximate surface area is 119 Å². The van der Waals surface area contributed by atoms with Crippen LogP contribution in [0.5, 0.6) is 5.75 Å². The highest BCUT2D eigenvalue weighted by Crippen LogP contribution is 2.13. The number of esters is 1. The molecule has 1 N–H and O–H groups in total. The molecule has 1 rings (SSSR count). The average molecular weight is 279 g/mol. The van der Waals surface area contributed by atoms with Crippen LogP contribution >= 0.6 is 0 Å². The third-order valence-corrected chi connectivity index (χ3v) is 2.83. The molecule has 0 radical (unpaired) electrons. The molecule has 0 aromatic heterocycles. The lowest BCUT2D eigenvalue weighted by Gasteiger charge is -2.18. The first-order valence-electron chi connectivity index (χ1n) is 6.50. The fourth-order valence-electron chi connectivity index (χ4n) is 1.83. The second-order valence-electron chi connectivity index (χ2n) is 4.91. The minimum atomic E-state index is -0.640. The number of ether oxygens (including phenoxy) is 2. The van der Waals surface area contributed by atoms with E-state index in [-0.39, 0.29) is 11.8 Å². The number of hydrogen-bond donors (Lipinski definition) is 1. The third-order valence-electron chi connectivity index (χ3n) is 2.83. The molecule has 0 aliphatic heterocycles. The highest BCUT2D eigenvalue weighted by molar-refractivity contribution is 5.97. The van der Waals surface area contributed by atoms with E-state index >= 15 is 0 Å². The first-order chi connectivity index (χ1) is 9.47. The smallest absolute Gasteiger partial charge is 0.328 e. The van der Waals surface area contributed by atoms with E-state index in [9.17, 15) is 9.59 Å². The number of nitrogens with one attached hydrogen (secondary N) is 1. The zero-order valence-corrected chi connectivity index (χ0v) is 12.3. The van der Waals surface area contributed by atoms with E-state index in [0.717, 1.165) is 0 Å². The highest BCUT2D eigenvalue weighted by atomic mass is 16.5. The van der Waals surface area contributed by atoms with Gasteiger partial charge in [0.15, 0.2) is 0 Å². The van der Waals surface area contributed by atoms with Crippen LogP contribution in [-0.4, -0.2) is 32.1 Å². The number of carbonyl (C=O) groups is 2. The third kappa shape index (κ3) is 4.57. The van der Waals surface area contributed by atoms with Crippen molar-refractivity contribution < 1.29 is 19.1 Å². The maximum Gasteiger partial charge on any atom is 0.328 e. The van der Waals surface area contributed by atoms with Gasteiger partial charge in [-0.1, -0.05) is 19.9 Å². The van der Waals surface area contributed by atoms with Gasteiger partial charge in [0, 0.05) is 5.56 Å². The number of benzene rings is 1. The van der Waals surface area contributed by atoms with Crippen molar-refractivity contribution in [2.75, 3.05) is 14.2 Å². The van der Waals surface area contributed by atoms with Crippen molar-refractivity contribution >= 4 is 11.9 Å². The summed E-state index contributed by atoms with van der Waals surface area (Å²) in [6.07, 6.45) is 0.530. The van der Waals surface area contributed by atoms with Crippen LogP contribution in [0, 0.1) is 5.92 Å². The van der Waals surface area contributed by atoms with Gasteiger partial charge in [-0.2, -0.15) is 0 Å². The maximum absolute atomic E-state index is 12.2. The molecule has 1 aromatic rings. The van der Waals surface area contributed by atoms with Crippen LogP contribution in [0.3, 0.4) is 0 Å². The Hall–Kier alpha value is -2.04. The molecule has 0 aliphatic carbocycles. The van der Waals surface area contributed by atoms with E-state index in [4.69, 9.17) is 9.47 Å². The summed E-state index contributed by atoms with van der Waals surface area (Å²) in [4.78, 5) is 23.8. The molecule has 20 heavy (non-hydrogen) atoms. The quantitative estimate of drug-likeness (QED) is 0.809. The lowest BCUT2D eigenvalue weighted by Crippen LogP contribution is -2.42. The van der Waals surface area contributed by atoms with Gasteiger partial charge < -0.3 is 14.8 Å². The Balaban J connectivity index is 2.81. The van der Waals surface area contributed by atoms with Gasteiger partial charge in [-0.15, -0.1) is 0 Å². The number of amides is 1. The van der Waals surface area contributed by atoms with Crippen molar-refractivity contribution in [3.05, 3.63) is 29.8 Å². The zero-order valence-electron chi connectivity index (χ0n) is 12.3. The summed E-state index contributed by atoms with van der Waals surface area (Å²) in [5.41, 5.74) is 0.446. The summed E-state index contributed by atoms with van der Waals surface area (Å²) >= 11 is 0. The summed E-state index contributed by atoms with van der Waals surface area (Å²) in [7, 11) is 2.85. The molecule has 5 heteroatoms. The van der Waals surface area contributed by atoms with Crippen LogP contribution in [0.2, 0.25) is 0 Å². The largest absolute Gasteiger partial charge is 0.497 e. The Morgan fingerprint density at radius 1 is 1.25 bits per heavy atom. The Kier molecular flexibility index (Phi) is 6.03. The van der Waals surface area contributed by atoms with Crippen LogP contribution < -0.4 is 10.1 Å². The topological polar surface area (TPSA) is 64.6 Å². The minimum Gasteiger partial charge on any atom is -0.497 e. The molecule has 5 nitrogen and oxygen atoms in total. The van der Waals surface area contributed by atoms with E-state index in [1.165, 1.54) is 14.2 Å². The predicted octanol–water partition coefficient (Wildman–Crippen LogP) is 2.01. The average Bonchev–Trinajstić information content (AvgIpc) is 2.45. The zero-order chi connectivity index (χ0) is 15.1. The minimum absolute atomic E-state index is 0.268. The molecule has 0 spiro atoms. The van der Waals surface area contributed by atoms with Crippen molar-refractivity contribution in [3.63, 3.8) is 0 Å². The molecular formula is C15H21NO4. The van der Waals surface area contributed by atoms with E-state index in [0.29, 0.717) is 17.7 Å². The molecule has 110 valence electrons. The van der Waals surface area contributed by atoms with E-state index in [1.807, 2.05) is 13.8 Å². The van der Waals surface area contributed by atoms with Gasteiger partial charge >= 0.3 is 5.97 Å². The fraction of sp³-hybridized carbons (Fsp3) is 0.467. The molecular weight excluding hydrogens is 258 g/mol. The monoisotopic (exact) mass is 279 g/mol. The molecule has 0 heterocycles. The molecule has 1 amide bonds. The normalized spacial score (nSPS) is 11.8. The first-order valence-corrected chi connectivity index (χ1v) is 6.50.